The molecule has 0 amide bonds. The summed E-state index contributed by atoms with van der Waals surface area (Å²) in [5, 5.41) is 4.24. The summed E-state index contributed by atoms with van der Waals surface area (Å²) in [6.45, 7) is 2.04. The third kappa shape index (κ3) is 1.84. The van der Waals surface area contributed by atoms with Crippen molar-refractivity contribution in [3.63, 3.8) is 0 Å². The Morgan fingerprint density at radius 3 is 2.62 bits per heavy atom. The number of nitrogens with zero attached hydrogens (tertiary/aromatic N) is 2. The molecule has 4 rings (SSSR count). The lowest BCUT2D eigenvalue weighted by Gasteiger charge is -2.05. The summed E-state index contributed by atoms with van der Waals surface area (Å²) < 4.78 is 1.63. The molecule has 0 aliphatic carbocycles. The Kier molecular flexibility index (Phi) is 2.44. The number of imidazole rings is 1. The molecule has 0 aliphatic heterocycles. The van der Waals surface area contributed by atoms with Crippen LogP contribution in [0.2, 0.25) is 0 Å². The van der Waals surface area contributed by atoms with E-state index in [1.807, 2.05) is 55.5 Å². The summed E-state index contributed by atoms with van der Waals surface area (Å²) in [6.07, 6.45) is 0. The van der Waals surface area contributed by atoms with Crippen LogP contribution in [0.3, 0.4) is 0 Å². The van der Waals surface area contributed by atoms with Gasteiger partial charge in [0, 0.05) is 17.1 Å². The van der Waals surface area contributed by atoms with Gasteiger partial charge in [-0.15, -0.1) is 0 Å². The number of anilines is 2. The van der Waals surface area contributed by atoms with Gasteiger partial charge >= 0.3 is 0 Å². The smallest absolute Gasteiger partial charge is 0.258 e. The average molecular weight is 275 g/mol. The van der Waals surface area contributed by atoms with Gasteiger partial charge in [0.25, 0.3) is 5.56 Å². The molecule has 0 bridgehead atoms. The van der Waals surface area contributed by atoms with E-state index in [1.165, 1.54) is 5.56 Å². The van der Waals surface area contributed by atoms with Gasteiger partial charge in [-0.1, -0.05) is 29.8 Å². The molecule has 0 aliphatic rings. The highest BCUT2D eigenvalue weighted by atomic mass is 16.1. The van der Waals surface area contributed by atoms with Crippen molar-refractivity contribution in [3.05, 3.63) is 70.5 Å². The molecule has 4 aromatic rings. The van der Waals surface area contributed by atoms with Gasteiger partial charge in [0.1, 0.15) is 0 Å². The molecule has 21 heavy (non-hydrogen) atoms. The Labute approximate surface area is 121 Å². The fraction of sp³-hybridized carbons (Fsp3) is 0.0588. The third-order valence-corrected chi connectivity index (χ3v) is 3.64. The number of hydrogen-bond donors (Lipinski definition) is 1. The maximum Gasteiger partial charge on any atom is 0.258 e. The maximum atomic E-state index is 12.2. The molecule has 4 nitrogen and oxygen atoms in total. The summed E-state index contributed by atoms with van der Waals surface area (Å²) in [5.41, 5.74) is 3.71. The molecule has 1 N–H and O–H groups in total. The van der Waals surface area contributed by atoms with Crippen molar-refractivity contribution in [2.45, 2.75) is 6.92 Å². The van der Waals surface area contributed by atoms with E-state index in [4.69, 9.17) is 0 Å². The van der Waals surface area contributed by atoms with Crippen LogP contribution in [0.1, 0.15) is 5.56 Å². The molecule has 102 valence electrons. The third-order valence-electron chi connectivity index (χ3n) is 3.64. The molecule has 0 saturated heterocycles. The van der Waals surface area contributed by atoms with Gasteiger partial charge in [-0.3, -0.25) is 4.79 Å². The topological polar surface area (TPSA) is 46.4 Å². The summed E-state index contributed by atoms with van der Waals surface area (Å²) in [7, 11) is 0. The minimum Gasteiger partial charge on any atom is -0.325 e. The molecular weight excluding hydrogens is 262 g/mol. The molecule has 0 atom stereocenters. The van der Waals surface area contributed by atoms with Crippen molar-refractivity contribution in [2.24, 2.45) is 0 Å². The predicted octanol–water partition coefficient (Wildman–Crippen LogP) is 3.34. The van der Waals surface area contributed by atoms with E-state index in [2.05, 4.69) is 10.3 Å². The molecule has 0 spiro atoms. The van der Waals surface area contributed by atoms with Gasteiger partial charge < -0.3 is 5.32 Å². The number of para-hydroxylation sites is 1. The maximum absolute atomic E-state index is 12.2. The number of benzene rings is 2. The first-order chi connectivity index (χ1) is 10.2. The highest BCUT2D eigenvalue weighted by Crippen LogP contribution is 2.24. The predicted molar refractivity (Wildman–Crippen MR) is 84.6 cm³/mol. The fourth-order valence-electron chi connectivity index (χ4n) is 2.59. The quantitative estimate of drug-likeness (QED) is 0.610. The average Bonchev–Trinajstić information content (AvgIpc) is 2.86. The Morgan fingerprint density at radius 1 is 1.00 bits per heavy atom. The zero-order valence-electron chi connectivity index (χ0n) is 11.5. The van der Waals surface area contributed by atoms with Crippen LogP contribution in [0.25, 0.3) is 16.4 Å². The largest absolute Gasteiger partial charge is 0.325 e. The molecule has 2 aromatic carbocycles. The minimum absolute atomic E-state index is 0.0780. The number of nitrogens with one attached hydrogen (secondary N) is 1. The highest BCUT2D eigenvalue weighted by Gasteiger charge is 2.12. The minimum atomic E-state index is -0.0780. The van der Waals surface area contributed by atoms with E-state index in [-0.39, 0.29) is 5.56 Å². The number of pyridine rings is 1. The lowest BCUT2D eigenvalue weighted by atomic mass is 10.2. The van der Waals surface area contributed by atoms with Crippen LogP contribution < -0.4 is 10.9 Å². The lowest BCUT2D eigenvalue weighted by molar-refractivity contribution is 1.10. The molecule has 4 heteroatoms. The zero-order chi connectivity index (χ0) is 14.4. The van der Waals surface area contributed by atoms with Gasteiger partial charge in [-0.25, -0.2) is 9.38 Å². The normalized spacial score (nSPS) is 11.3. The molecule has 2 heterocycles. The SMILES string of the molecule is Cc1ccc(Nc2nc3cccc4ccc(=O)n2c43)cc1. The van der Waals surface area contributed by atoms with E-state index in [0.717, 1.165) is 22.1 Å². The highest BCUT2D eigenvalue weighted by molar-refractivity contribution is 5.95. The first-order valence-corrected chi connectivity index (χ1v) is 6.80. The first kappa shape index (κ1) is 11.9. The van der Waals surface area contributed by atoms with Crippen molar-refractivity contribution in [1.29, 1.82) is 0 Å². The van der Waals surface area contributed by atoms with Crippen LogP contribution in [0, 0.1) is 6.92 Å². The summed E-state index contributed by atoms with van der Waals surface area (Å²) in [6, 6.07) is 17.3. The van der Waals surface area contributed by atoms with Crippen LogP contribution in [0.5, 0.6) is 0 Å². The van der Waals surface area contributed by atoms with Crippen molar-refractivity contribution >= 4 is 28.1 Å². The molecule has 0 unspecified atom stereocenters. The Hall–Kier alpha value is -2.88. The Bertz CT molecular complexity index is 986. The van der Waals surface area contributed by atoms with Crippen molar-refractivity contribution in [3.8, 4) is 0 Å². The second-order valence-corrected chi connectivity index (χ2v) is 5.15. The standard InChI is InChI=1S/C17H13N3O/c1-11-5-8-13(9-6-11)18-17-19-14-4-2-3-12-7-10-15(21)20(17)16(12)14/h2-10H,1H3,(H,18,19). The van der Waals surface area contributed by atoms with E-state index in [1.54, 1.807) is 10.5 Å². The summed E-state index contributed by atoms with van der Waals surface area (Å²) in [5.74, 6) is 0.552. The van der Waals surface area contributed by atoms with Crippen LogP contribution >= 0.6 is 0 Å². The van der Waals surface area contributed by atoms with Gasteiger partial charge in [-0.2, -0.15) is 0 Å². The first-order valence-electron chi connectivity index (χ1n) is 6.80. The molecular formula is C17H13N3O. The number of rotatable bonds is 2. The molecule has 2 aromatic heterocycles. The Morgan fingerprint density at radius 2 is 1.81 bits per heavy atom. The van der Waals surface area contributed by atoms with Crippen molar-refractivity contribution in [2.75, 3.05) is 5.32 Å². The van der Waals surface area contributed by atoms with Gasteiger partial charge in [-0.05, 0) is 31.2 Å². The number of aryl methyl sites for hydroxylation is 1. The van der Waals surface area contributed by atoms with Crippen molar-refractivity contribution in [1.82, 2.24) is 9.38 Å². The van der Waals surface area contributed by atoms with Gasteiger partial charge in [0.15, 0.2) is 0 Å². The molecule has 0 saturated carbocycles. The van der Waals surface area contributed by atoms with Crippen LogP contribution in [0.4, 0.5) is 11.6 Å². The second-order valence-electron chi connectivity index (χ2n) is 5.15. The van der Waals surface area contributed by atoms with E-state index < -0.39 is 0 Å². The number of hydrogen-bond acceptors (Lipinski definition) is 3. The summed E-state index contributed by atoms with van der Waals surface area (Å²) in [4.78, 5) is 16.7. The van der Waals surface area contributed by atoms with Crippen LogP contribution in [-0.2, 0) is 0 Å². The fourth-order valence-corrected chi connectivity index (χ4v) is 2.59. The molecule has 0 radical (unpaired) electrons. The summed E-state index contributed by atoms with van der Waals surface area (Å²) >= 11 is 0. The van der Waals surface area contributed by atoms with Crippen LogP contribution in [0.15, 0.2) is 59.4 Å². The Balaban J connectivity index is 1.94. The van der Waals surface area contributed by atoms with Gasteiger partial charge in [0.2, 0.25) is 5.95 Å². The lowest BCUT2D eigenvalue weighted by Crippen LogP contribution is -2.12. The monoisotopic (exact) mass is 275 g/mol. The van der Waals surface area contributed by atoms with Crippen molar-refractivity contribution < 1.29 is 0 Å². The zero-order valence-corrected chi connectivity index (χ0v) is 11.5. The number of aromatic nitrogens is 2. The van der Waals surface area contributed by atoms with E-state index >= 15 is 0 Å². The van der Waals surface area contributed by atoms with Gasteiger partial charge in [0.05, 0.1) is 11.0 Å². The molecule has 0 fully saturated rings. The van der Waals surface area contributed by atoms with Crippen LogP contribution in [-0.4, -0.2) is 9.38 Å². The second kappa shape index (κ2) is 4.31. The van der Waals surface area contributed by atoms with E-state index in [9.17, 15) is 4.79 Å². The van der Waals surface area contributed by atoms with E-state index in [0.29, 0.717) is 5.95 Å².